The van der Waals surface area contributed by atoms with E-state index in [0.29, 0.717) is 17.0 Å². The maximum absolute atomic E-state index is 13.3. The number of aromatic nitrogens is 1. The van der Waals surface area contributed by atoms with Crippen molar-refractivity contribution in [3.05, 3.63) is 82.3 Å². The molecule has 0 spiro atoms. The first-order valence-corrected chi connectivity index (χ1v) is 12.3. The maximum Gasteiger partial charge on any atom is 0.346 e. The largest absolute Gasteiger partial charge is 0.450 e. The lowest BCUT2D eigenvalue weighted by molar-refractivity contribution is -0.385. The molecule has 9 nitrogen and oxygen atoms in total. The van der Waals surface area contributed by atoms with Gasteiger partial charge in [-0.05, 0) is 61.0 Å². The Kier molecular flexibility index (Phi) is 5.91. The summed E-state index contributed by atoms with van der Waals surface area (Å²) in [5, 5.41) is 11.6. The fourth-order valence-electron chi connectivity index (χ4n) is 3.56. The number of halogens is 1. The predicted octanol–water partition coefficient (Wildman–Crippen LogP) is 5.41. The van der Waals surface area contributed by atoms with Crippen molar-refractivity contribution in [3.8, 4) is 22.8 Å². The fourth-order valence-corrected chi connectivity index (χ4v) is 5.91. The maximum atomic E-state index is 13.3. The number of hydrogen-bond donors (Lipinski definition) is 0. The summed E-state index contributed by atoms with van der Waals surface area (Å²) in [4.78, 5) is 15.1. The molecule has 3 aromatic rings. The molecule has 11 heteroatoms. The highest BCUT2D eigenvalue weighted by Gasteiger charge is 2.50. The predicted molar refractivity (Wildman–Crippen MR) is 123 cm³/mol. The second kappa shape index (κ2) is 8.88. The van der Waals surface area contributed by atoms with Crippen molar-refractivity contribution < 1.29 is 23.1 Å². The minimum atomic E-state index is -3.05. The van der Waals surface area contributed by atoms with Crippen LogP contribution in [0.15, 0.2) is 60.8 Å². The van der Waals surface area contributed by atoms with E-state index in [4.69, 9.17) is 9.26 Å². The van der Waals surface area contributed by atoms with Crippen LogP contribution in [0, 0.1) is 15.9 Å². The van der Waals surface area contributed by atoms with Gasteiger partial charge in [-0.2, -0.15) is 0 Å². The van der Waals surface area contributed by atoms with Gasteiger partial charge in [-0.25, -0.2) is 13.7 Å². The van der Waals surface area contributed by atoms with Crippen LogP contribution in [0.1, 0.15) is 18.6 Å². The van der Waals surface area contributed by atoms with Crippen molar-refractivity contribution in [1.29, 1.82) is 0 Å². The second-order valence-corrected chi connectivity index (χ2v) is 10.4. The molecule has 0 bridgehead atoms. The Bertz CT molecular complexity index is 1250. The molecule has 2 aliphatic heterocycles. The van der Waals surface area contributed by atoms with Crippen LogP contribution in [0.5, 0.6) is 11.5 Å². The molecule has 0 aliphatic carbocycles. The van der Waals surface area contributed by atoms with Crippen LogP contribution in [0.2, 0.25) is 0 Å². The van der Waals surface area contributed by atoms with Crippen molar-refractivity contribution in [3.63, 3.8) is 0 Å². The summed E-state index contributed by atoms with van der Waals surface area (Å²) in [6, 6.07) is 14.2. The van der Waals surface area contributed by atoms with Crippen LogP contribution in [-0.4, -0.2) is 45.4 Å². The third-order valence-corrected chi connectivity index (χ3v) is 8.43. The zero-order valence-electron chi connectivity index (χ0n) is 18.3. The van der Waals surface area contributed by atoms with Crippen LogP contribution in [-0.2, 0) is 9.09 Å². The van der Waals surface area contributed by atoms with E-state index in [0.717, 1.165) is 37.9 Å². The quantitative estimate of drug-likeness (QED) is 0.172. The van der Waals surface area contributed by atoms with Gasteiger partial charge in [-0.1, -0.05) is 0 Å². The molecule has 2 aromatic carbocycles. The number of pyridine rings is 1. The summed E-state index contributed by atoms with van der Waals surface area (Å²) in [5.74, 6) is 0.0199. The Balaban J connectivity index is 1.37. The first kappa shape index (κ1) is 22.6. The molecular formula is C23H22FN4O5P. The zero-order valence-corrected chi connectivity index (χ0v) is 19.2. The van der Waals surface area contributed by atoms with E-state index in [2.05, 4.69) is 4.98 Å². The molecule has 2 fully saturated rings. The highest BCUT2D eigenvalue weighted by Crippen LogP contribution is 2.63. The average Bonchev–Trinajstić information content (AvgIpc) is 3.72. The van der Waals surface area contributed by atoms with Gasteiger partial charge in [0.05, 0.1) is 22.9 Å². The molecule has 34 heavy (non-hydrogen) atoms. The van der Waals surface area contributed by atoms with Crippen molar-refractivity contribution >= 4 is 13.4 Å². The van der Waals surface area contributed by atoms with Crippen molar-refractivity contribution in [2.45, 2.75) is 13.0 Å². The van der Waals surface area contributed by atoms with Crippen LogP contribution in [0.25, 0.3) is 11.3 Å². The zero-order chi connectivity index (χ0) is 23.9. The van der Waals surface area contributed by atoms with E-state index in [1.807, 2.05) is 9.34 Å². The summed E-state index contributed by atoms with van der Waals surface area (Å²) < 4.78 is 41.9. The van der Waals surface area contributed by atoms with Gasteiger partial charge in [0, 0.05) is 37.8 Å². The molecule has 5 rings (SSSR count). The van der Waals surface area contributed by atoms with Gasteiger partial charge in [-0.3, -0.25) is 24.2 Å². The Morgan fingerprint density at radius 1 is 1.06 bits per heavy atom. The third kappa shape index (κ3) is 4.71. The lowest BCUT2D eigenvalue weighted by atomic mass is 10.1. The lowest BCUT2D eigenvalue weighted by Gasteiger charge is -2.24. The Labute approximate surface area is 195 Å². The van der Waals surface area contributed by atoms with Gasteiger partial charge in [0.25, 0.3) is 0 Å². The molecule has 3 heterocycles. The molecule has 2 saturated heterocycles. The van der Waals surface area contributed by atoms with Crippen molar-refractivity contribution in [2.75, 3.05) is 26.2 Å². The van der Waals surface area contributed by atoms with Crippen LogP contribution in [0.4, 0.5) is 10.1 Å². The normalized spacial score (nSPS) is 16.8. The smallest absolute Gasteiger partial charge is 0.346 e. The van der Waals surface area contributed by atoms with Gasteiger partial charge in [-0.15, -0.1) is 0 Å². The summed E-state index contributed by atoms with van der Waals surface area (Å²) in [6.45, 7) is 4.71. The van der Waals surface area contributed by atoms with Gasteiger partial charge in [0.15, 0.2) is 0 Å². The minimum Gasteiger partial charge on any atom is -0.450 e. The molecule has 0 amide bonds. The van der Waals surface area contributed by atoms with E-state index in [9.17, 15) is 19.1 Å². The Morgan fingerprint density at radius 3 is 2.29 bits per heavy atom. The topological polar surface area (TPSA) is 97.6 Å². The number of nitro benzene ring substituents is 1. The van der Waals surface area contributed by atoms with E-state index in [1.165, 1.54) is 12.1 Å². The number of nitro groups is 1. The SMILES string of the molecule is CC(OP(=O)(N1CC1)N1CC1)c1ccc([N+](=O)[O-])c(Oc2ccc(-c3ccc(F)cn3)cc2)c1. The van der Waals surface area contributed by atoms with Crippen molar-refractivity contribution in [2.24, 2.45) is 0 Å². The van der Waals surface area contributed by atoms with E-state index in [1.54, 1.807) is 49.4 Å². The molecule has 1 atom stereocenters. The first-order chi connectivity index (χ1) is 16.3. The van der Waals surface area contributed by atoms with Gasteiger partial charge in [0.2, 0.25) is 5.75 Å². The molecule has 176 valence electrons. The van der Waals surface area contributed by atoms with E-state index < -0.39 is 24.5 Å². The molecule has 1 unspecified atom stereocenters. The monoisotopic (exact) mass is 484 g/mol. The highest BCUT2D eigenvalue weighted by atomic mass is 31.2. The Hall–Kier alpha value is -3.17. The van der Waals surface area contributed by atoms with Gasteiger partial charge < -0.3 is 4.74 Å². The Morgan fingerprint density at radius 2 is 1.74 bits per heavy atom. The number of hydrogen-bond acceptors (Lipinski definition) is 6. The molecule has 0 radical (unpaired) electrons. The van der Waals surface area contributed by atoms with E-state index >= 15 is 0 Å². The second-order valence-electron chi connectivity index (χ2n) is 8.12. The van der Waals surface area contributed by atoms with Gasteiger partial charge in [0.1, 0.15) is 11.6 Å². The van der Waals surface area contributed by atoms with Gasteiger partial charge >= 0.3 is 13.4 Å². The number of rotatable bonds is 9. The van der Waals surface area contributed by atoms with Crippen LogP contribution >= 0.6 is 7.67 Å². The molecule has 2 aliphatic rings. The number of ether oxygens (including phenoxy) is 1. The number of benzene rings is 2. The average molecular weight is 484 g/mol. The minimum absolute atomic E-state index is 0.0545. The molecule has 0 saturated carbocycles. The lowest BCUT2D eigenvalue weighted by Crippen LogP contribution is -2.10. The molecular weight excluding hydrogens is 462 g/mol. The highest BCUT2D eigenvalue weighted by molar-refractivity contribution is 7.54. The fraction of sp³-hybridized carbons (Fsp3) is 0.261. The summed E-state index contributed by atoms with van der Waals surface area (Å²) in [5.41, 5.74) is 1.77. The molecule has 1 aromatic heterocycles. The standard InChI is InChI=1S/C23H22FN4O5P/c1-16(33-34(31,26-10-11-26)27-12-13-27)18-4-9-22(28(29)30)23(14-18)32-20-6-2-17(3-7-20)21-8-5-19(24)15-25-21/h2-9,14-16H,10-13H2,1H3. The molecule has 0 N–H and O–H groups in total. The summed E-state index contributed by atoms with van der Waals surface area (Å²) in [7, 11) is -3.05. The van der Waals surface area contributed by atoms with Crippen molar-refractivity contribution in [1.82, 2.24) is 14.3 Å². The van der Waals surface area contributed by atoms with Crippen LogP contribution < -0.4 is 4.74 Å². The van der Waals surface area contributed by atoms with E-state index in [-0.39, 0.29) is 11.4 Å². The first-order valence-electron chi connectivity index (χ1n) is 10.8. The summed E-state index contributed by atoms with van der Waals surface area (Å²) in [6.07, 6.45) is 0.583. The summed E-state index contributed by atoms with van der Waals surface area (Å²) >= 11 is 0. The number of nitrogens with zero attached hydrogens (tertiary/aromatic N) is 4. The van der Waals surface area contributed by atoms with Crippen LogP contribution in [0.3, 0.4) is 0 Å². The third-order valence-electron chi connectivity index (χ3n) is 5.61.